The van der Waals surface area contributed by atoms with Crippen LogP contribution in [0.15, 0.2) is 0 Å². The molecule has 0 aromatic carbocycles. The van der Waals surface area contributed by atoms with Crippen molar-refractivity contribution in [3.63, 3.8) is 0 Å². The molecule has 2 spiro atoms. The lowest BCUT2D eigenvalue weighted by molar-refractivity contribution is -0.353. The monoisotopic (exact) mass is 378 g/mol. The average Bonchev–Trinajstić information content (AvgIpc) is 2.92. The second kappa shape index (κ2) is 4.63. The predicted octanol–water partition coefficient (Wildman–Crippen LogP) is 0.392. The summed E-state index contributed by atoms with van der Waals surface area (Å²) in [6.45, 7) is 6.79. The lowest BCUT2D eigenvalue weighted by Crippen LogP contribution is -2.78. The molecule has 0 aromatic rings. The molecule has 3 aliphatic heterocycles. The summed E-state index contributed by atoms with van der Waals surface area (Å²) in [4.78, 5) is 39.6. The minimum Gasteiger partial charge on any atom is -0.455 e. The van der Waals surface area contributed by atoms with Crippen LogP contribution in [0, 0.1) is 29.6 Å². The minimum absolute atomic E-state index is 0.0328. The third kappa shape index (κ3) is 1.62. The van der Waals surface area contributed by atoms with E-state index < -0.39 is 63.9 Å². The van der Waals surface area contributed by atoms with Crippen molar-refractivity contribution in [1.29, 1.82) is 0 Å². The number of hydrogen-bond acceptors (Lipinski definition) is 7. The van der Waals surface area contributed by atoms with Crippen LogP contribution < -0.4 is 0 Å². The van der Waals surface area contributed by atoms with Crippen molar-refractivity contribution in [2.45, 2.75) is 75.5 Å². The maximum Gasteiger partial charge on any atom is 0.320 e. The van der Waals surface area contributed by atoms with Crippen LogP contribution in [-0.2, 0) is 23.9 Å². The molecule has 27 heavy (non-hydrogen) atoms. The van der Waals surface area contributed by atoms with Crippen molar-refractivity contribution >= 4 is 17.5 Å². The third-order valence-corrected chi connectivity index (χ3v) is 8.48. The van der Waals surface area contributed by atoms with Gasteiger partial charge in [0.2, 0.25) is 0 Å². The summed E-state index contributed by atoms with van der Waals surface area (Å²) in [5, 5.41) is 21.9. The summed E-state index contributed by atoms with van der Waals surface area (Å²) in [6, 6.07) is 0. The quantitative estimate of drug-likeness (QED) is 0.463. The molecule has 3 heterocycles. The molecule has 0 amide bonds. The first-order chi connectivity index (χ1) is 12.4. The zero-order valence-corrected chi connectivity index (χ0v) is 16.0. The first kappa shape index (κ1) is 17.8. The summed E-state index contributed by atoms with van der Waals surface area (Å²) in [7, 11) is 0. The summed E-state index contributed by atoms with van der Waals surface area (Å²) in [6.07, 6.45) is -0.239. The number of ether oxygens (including phenoxy) is 2. The Morgan fingerprint density at radius 1 is 1.11 bits per heavy atom. The summed E-state index contributed by atoms with van der Waals surface area (Å²) in [5.74, 6) is -4.69. The van der Waals surface area contributed by atoms with E-state index in [9.17, 15) is 24.6 Å². The van der Waals surface area contributed by atoms with Gasteiger partial charge in [0.25, 0.3) is 0 Å². The zero-order valence-electron chi connectivity index (χ0n) is 16.0. The minimum atomic E-state index is -1.69. The normalized spacial score (nSPS) is 61.5. The molecule has 6 rings (SSSR count). The van der Waals surface area contributed by atoms with Crippen LogP contribution in [-0.4, -0.2) is 56.3 Å². The van der Waals surface area contributed by atoms with Gasteiger partial charge >= 0.3 is 5.97 Å². The van der Waals surface area contributed by atoms with E-state index in [0.717, 1.165) is 0 Å². The molecule has 3 aliphatic carbocycles. The molecule has 2 N–H and O–H groups in total. The Morgan fingerprint density at radius 3 is 2.44 bits per heavy atom. The number of aliphatic hydroxyl groups is 2. The number of Topliss-reactive ketones (excluding diaryl/α,β-unsaturated/α-hetero) is 2. The molecule has 0 radical (unpaired) electrons. The molecule has 0 unspecified atom stereocenters. The maximum atomic E-state index is 13.4. The van der Waals surface area contributed by atoms with E-state index in [2.05, 4.69) is 0 Å². The average molecular weight is 378 g/mol. The molecule has 7 nitrogen and oxygen atoms in total. The highest BCUT2D eigenvalue weighted by Crippen LogP contribution is 2.73. The van der Waals surface area contributed by atoms with E-state index in [1.54, 1.807) is 13.8 Å². The van der Waals surface area contributed by atoms with Crippen molar-refractivity contribution in [2.24, 2.45) is 29.6 Å². The van der Waals surface area contributed by atoms with Gasteiger partial charge in [-0.1, -0.05) is 13.8 Å². The Bertz CT molecular complexity index is 789. The highest BCUT2D eigenvalue weighted by molar-refractivity contribution is 6.07. The van der Waals surface area contributed by atoms with Crippen LogP contribution in [0.25, 0.3) is 0 Å². The summed E-state index contributed by atoms with van der Waals surface area (Å²) < 4.78 is 12.4. The molecule has 4 bridgehead atoms. The molecule has 6 fully saturated rings. The second-order valence-electron chi connectivity index (χ2n) is 9.91. The Hall–Kier alpha value is -1.31. The van der Waals surface area contributed by atoms with E-state index in [1.165, 1.54) is 6.92 Å². The van der Waals surface area contributed by atoms with E-state index in [1.807, 2.05) is 6.92 Å². The highest BCUT2D eigenvalue weighted by Gasteiger charge is 2.88. The van der Waals surface area contributed by atoms with Crippen LogP contribution in [0.3, 0.4) is 0 Å². The molecular formula is C20H26O7. The lowest BCUT2D eigenvalue weighted by atomic mass is 9.54. The first-order valence-corrected chi connectivity index (χ1v) is 9.84. The third-order valence-electron chi connectivity index (χ3n) is 8.48. The molecular weight excluding hydrogens is 352 g/mol. The Morgan fingerprint density at radius 2 is 1.78 bits per heavy atom. The van der Waals surface area contributed by atoms with Gasteiger partial charge in [-0.2, -0.15) is 0 Å². The van der Waals surface area contributed by atoms with Gasteiger partial charge in [0.05, 0.1) is 17.6 Å². The molecule has 0 aromatic heterocycles. The molecule has 3 saturated heterocycles. The number of esters is 1. The number of carbonyl (C=O) groups is 3. The topological polar surface area (TPSA) is 110 Å². The molecule has 10 atom stereocenters. The number of carbonyl (C=O) groups excluding carboxylic acids is 3. The summed E-state index contributed by atoms with van der Waals surface area (Å²) >= 11 is 0. The number of aliphatic hydroxyl groups excluding tert-OH is 1. The van der Waals surface area contributed by atoms with Crippen molar-refractivity contribution in [3.8, 4) is 0 Å². The molecule has 148 valence electrons. The lowest BCUT2D eigenvalue weighted by Gasteiger charge is -2.64. The van der Waals surface area contributed by atoms with Crippen molar-refractivity contribution < 1.29 is 34.1 Å². The van der Waals surface area contributed by atoms with Crippen LogP contribution in [0.5, 0.6) is 0 Å². The molecule has 7 heteroatoms. The van der Waals surface area contributed by atoms with E-state index in [0.29, 0.717) is 6.42 Å². The fourth-order valence-electron chi connectivity index (χ4n) is 7.13. The van der Waals surface area contributed by atoms with Crippen molar-refractivity contribution in [2.75, 3.05) is 0 Å². The number of fused-ring (bicyclic) bond motifs is 1. The molecule has 3 saturated carbocycles. The Labute approximate surface area is 157 Å². The van der Waals surface area contributed by atoms with Crippen molar-refractivity contribution in [3.05, 3.63) is 0 Å². The maximum absolute atomic E-state index is 13.4. The highest BCUT2D eigenvalue weighted by atomic mass is 16.6. The van der Waals surface area contributed by atoms with Gasteiger partial charge in [-0.3, -0.25) is 14.4 Å². The fourth-order valence-corrected chi connectivity index (χ4v) is 7.13. The van der Waals surface area contributed by atoms with Crippen LogP contribution in [0.2, 0.25) is 0 Å². The van der Waals surface area contributed by atoms with Gasteiger partial charge in [-0.25, -0.2) is 0 Å². The first-order valence-electron chi connectivity index (χ1n) is 9.84. The fraction of sp³-hybridized carbons (Fsp3) is 0.850. The van der Waals surface area contributed by atoms with Crippen LogP contribution in [0.1, 0.15) is 47.0 Å². The van der Waals surface area contributed by atoms with Gasteiger partial charge in [0, 0.05) is 11.8 Å². The van der Waals surface area contributed by atoms with Gasteiger partial charge < -0.3 is 19.7 Å². The zero-order chi connectivity index (χ0) is 19.7. The Kier molecular flexibility index (Phi) is 3.05. The number of rotatable bonds is 0. The van der Waals surface area contributed by atoms with Gasteiger partial charge in [-0.15, -0.1) is 0 Å². The Balaban J connectivity index is 1.80. The molecule has 6 aliphatic rings. The van der Waals surface area contributed by atoms with Gasteiger partial charge in [0.1, 0.15) is 22.7 Å². The van der Waals surface area contributed by atoms with E-state index >= 15 is 0 Å². The standard InChI is InChI=1S/C20H26O7/c1-8-6-17(3,25)14(22)11-5-10-15(23)18(4)9(2)7-19(10)20(11,27-18)12(13(8)21)16(24)26-19/h8-12,15,23,25H,5-7H2,1-4H3/t8-,9-,10-,11+,12-,15-,17-,18+,19-,20+/m0/s1. The number of ketones is 2. The predicted molar refractivity (Wildman–Crippen MR) is 90.3 cm³/mol. The SMILES string of the molecule is C[C@H]1C[C@](C)(O)C(=O)[C@H]2C[C@H]3[C@H](O)[C@]4(C)O[C@@]25[C@H](C(=O)O[C@@]35C[C@@H]4C)C1=O. The van der Waals surface area contributed by atoms with Crippen molar-refractivity contribution in [1.82, 2.24) is 0 Å². The van der Waals surface area contributed by atoms with E-state index in [-0.39, 0.29) is 24.5 Å². The van der Waals surface area contributed by atoms with E-state index in [4.69, 9.17) is 9.47 Å². The van der Waals surface area contributed by atoms with Gasteiger partial charge in [-0.05, 0) is 39.0 Å². The van der Waals surface area contributed by atoms with Crippen LogP contribution in [0.4, 0.5) is 0 Å². The smallest absolute Gasteiger partial charge is 0.320 e. The van der Waals surface area contributed by atoms with Gasteiger partial charge in [0.15, 0.2) is 11.6 Å². The van der Waals surface area contributed by atoms with Crippen LogP contribution >= 0.6 is 0 Å². The second-order valence-corrected chi connectivity index (χ2v) is 9.91. The largest absolute Gasteiger partial charge is 0.455 e. The summed E-state index contributed by atoms with van der Waals surface area (Å²) in [5.41, 5.74) is -5.28. The number of hydrogen-bond donors (Lipinski definition) is 2.